The van der Waals surface area contributed by atoms with Crippen LogP contribution in [0, 0.1) is 0 Å². The van der Waals surface area contributed by atoms with Crippen molar-refractivity contribution < 1.29 is 14.7 Å². The van der Waals surface area contributed by atoms with Crippen LogP contribution in [0.15, 0.2) is 56.5 Å². The fourth-order valence-electron chi connectivity index (χ4n) is 2.00. The molecule has 0 bridgehead atoms. The zero-order valence-corrected chi connectivity index (χ0v) is 16.9. The highest BCUT2D eigenvalue weighted by Crippen LogP contribution is 2.23. The second-order valence-electron chi connectivity index (χ2n) is 5.41. The number of phenolic OH excluding ortho intramolecular Hbond substituents is 1. The number of aromatic hydroxyl groups is 1. The third-order valence-electron chi connectivity index (χ3n) is 3.31. The van der Waals surface area contributed by atoms with Crippen LogP contribution in [0.3, 0.4) is 0 Å². The zero-order chi connectivity index (χ0) is 18.9. The molecule has 0 unspecified atom stereocenters. The molecule has 2 aromatic carbocycles. The fraction of sp³-hybridized carbons (Fsp3) is 0.167. The lowest BCUT2D eigenvalue weighted by atomic mass is 10.2. The van der Waals surface area contributed by atoms with Gasteiger partial charge in [-0.05, 0) is 70.4 Å². The summed E-state index contributed by atoms with van der Waals surface area (Å²) in [6.45, 7) is 0. The van der Waals surface area contributed by atoms with Crippen molar-refractivity contribution in [2.75, 3.05) is 5.32 Å². The molecule has 0 spiro atoms. The number of halogens is 2. The van der Waals surface area contributed by atoms with E-state index < -0.39 is 0 Å². The monoisotopic (exact) mass is 481 g/mol. The highest BCUT2D eigenvalue weighted by Gasteiger charge is 2.05. The van der Waals surface area contributed by atoms with Crippen molar-refractivity contribution in [3.05, 3.63) is 57.0 Å². The number of carbonyl (C=O) groups is 2. The molecule has 0 radical (unpaired) electrons. The van der Waals surface area contributed by atoms with Crippen molar-refractivity contribution >= 4 is 55.6 Å². The molecule has 0 aliphatic carbocycles. The van der Waals surface area contributed by atoms with Gasteiger partial charge in [-0.15, -0.1) is 0 Å². The van der Waals surface area contributed by atoms with Crippen LogP contribution in [0.5, 0.6) is 5.75 Å². The van der Waals surface area contributed by atoms with E-state index in [-0.39, 0.29) is 30.4 Å². The van der Waals surface area contributed by atoms with E-state index in [1.54, 1.807) is 24.3 Å². The predicted molar refractivity (Wildman–Crippen MR) is 108 cm³/mol. The Morgan fingerprint density at radius 2 is 1.73 bits per heavy atom. The van der Waals surface area contributed by atoms with Gasteiger partial charge in [0.1, 0.15) is 5.75 Å². The van der Waals surface area contributed by atoms with Gasteiger partial charge in [-0.2, -0.15) is 5.10 Å². The van der Waals surface area contributed by atoms with Crippen molar-refractivity contribution in [2.45, 2.75) is 19.3 Å². The van der Waals surface area contributed by atoms with Crippen LogP contribution in [0.1, 0.15) is 24.8 Å². The molecule has 0 saturated heterocycles. The lowest BCUT2D eigenvalue weighted by Gasteiger charge is -2.05. The van der Waals surface area contributed by atoms with Gasteiger partial charge in [0.15, 0.2) is 0 Å². The van der Waals surface area contributed by atoms with E-state index in [0.717, 1.165) is 10.0 Å². The predicted octanol–water partition coefficient (Wildman–Crippen LogP) is 4.18. The van der Waals surface area contributed by atoms with Gasteiger partial charge in [-0.25, -0.2) is 5.43 Å². The van der Waals surface area contributed by atoms with E-state index in [0.29, 0.717) is 16.6 Å². The summed E-state index contributed by atoms with van der Waals surface area (Å²) in [5.41, 5.74) is 3.85. The molecule has 2 rings (SSSR count). The highest BCUT2D eigenvalue weighted by atomic mass is 79.9. The van der Waals surface area contributed by atoms with E-state index in [9.17, 15) is 14.7 Å². The van der Waals surface area contributed by atoms with Crippen LogP contribution in [0.2, 0.25) is 0 Å². The molecule has 0 aliphatic heterocycles. The summed E-state index contributed by atoms with van der Waals surface area (Å²) in [4.78, 5) is 23.5. The summed E-state index contributed by atoms with van der Waals surface area (Å²) in [6, 6.07) is 12.1. The molecule has 8 heteroatoms. The lowest BCUT2D eigenvalue weighted by Crippen LogP contribution is -2.18. The second kappa shape index (κ2) is 10.1. The third kappa shape index (κ3) is 6.97. The van der Waals surface area contributed by atoms with Crippen molar-refractivity contribution in [1.29, 1.82) is 0 Å². The Morgan fingerprint density at radius 1 is 1.04 bits per heavy atom. The van der Waals surface area contributed by atoms with Crippen molar-refractivity contribution in [3.63, 3.8) is 0 Å². The topological polar surface area (TPSA) is 90.8 Å². The van der Waals surface area contributed by atoms with Crippen LogP contribution in [0.4, 0.5) is 5.69 Å². The second-order valence-corrected chi connectivity index (χ2v) is 7.18. The molecule has 136 valence electrons. The number of hydrogen-bond acceptors (Lipinski definition) is 4. The molecule has 0 aliphatic rings. The average molecular weight is 483 g/mol. The molecule has 2 amide bonds. The fourth-order valence-corrected chi connectivity index (χ4v) is 2.67. The smallest absolute Gasteiger partial charge is 0.240 e. The maximum absolute atomic E-state index is 11.8. The van der Waals surface area contributed by atoms with Crippen LogP contribution in [-0.2, 0) is 9.59 Å². The maximum atomic E-state index is 11.8. The first-order chi connectivity index (χ1) is 12.4. The number of carbonyl (C=O) groups excluding carboxylic acids is 2. The van der Waals surface area contributed by atoms with E-state index >= 15 is 0 Å². The van der Waals surface area contributed by atoms with E-state index in [4.69, 9.17) is 0 Å². The van der Waals surface area contributed by atoms with Gasteiger partial charge in [0.25, 0.3) is 0 Å². The summed E-state index contributed by atoms with van der Waals surface area (Å²) in [6.07, 6.45) is 2.35. The van der Waals surface area contributed by atoms with Crippen molar-refractivity contribution in [3.8, 4) is 5.75 Å². The zero-order valence-electron chi connectivity index (χ0n) is 13.7. The minimum atomic E-state index is -0.268. The Bertz CT molecular complexity index is 808. The Hall–Kier alpha value is -2.19. The number of benzene rings is 2. The average Bonchev–Trinajstić information content (AvgIpc) is 2.60. The summed E-state index contributed by atoms with van der Waals surface area (Å²) in [5.74, 6) is -0.277. The van der Waals surface area contributed by atoms with Gasteiger partial charge in [0.2, 0.25) is 11.8 Å². The molecule has 0 fully saturated rings. The van der Waals surface area contributed by atoms with Gasteiger partial charge in [-0.3, -0.25) is 9.59 Å². The SMILES string of the molecule is O=C(CCCC(=O)Nc1ccc(Br)cc1)N/N=C\c1ccc(O)c(Br)c1. The van der Waals surface area contributed by atoms with Gasteiger partial charge < -0.3 is 10.4 Å². The molecule has 0 atom stereocenters. The maximum Gasteiger partial charge on any atom is 0.240 e. The number of hydrogen-bond donors (Lipinski definition) is 3. The van der Waals surface area contributed by atoms with Crippen LogP contribution < -0.4 is 10.7 Å². The largest absolute Gasteiger partial charge is 0.507 e. The summed E-state index contributed by atoms with van der Waals surface area (Å²) in [7, 11) is 0. The Labute approximate surface area is 167 Å². The van der Waals surface area contributed by atoms with E-state index in [1.807, 2.05) is 12.1 Å². The Kier molecular flexibility index (Phi) is 7.80. The Morgan fingerprint density at radius 3 is 2.42 bits per heavy atom. The standard InChI is InChI=1S/C18H17Br2N3O3/c19-13-5-7-14(8-6-13)22-17(25)2-1-3-18(26)23-21-11-12-4-9-16(24)15(20)10-12/h4-11,24H,1-3H2,(H,22,25)(H,23,26)/b21-11-. The van der Waals surface area contributed by atoms with Gasteiger partial charge in [0.05, 0.1) is 10.7 Å². The molecule has 6 nitrogen and oxygen atoms in total. The number of rotatable bonds is 7. The number of nitrogens with zero attached hydrogens (tertiary/aromatic N) is 1. The first-order valence-corrected chi connectivity index (χ1v) is 9.38. The van der Waals surface area contributed by atoms with Gasteiger partial charge in [-0.1, -0.05) is 15.9 Å². The van der Waals surface area contributed by atoms with Crippen LogP contribution >= 0.6 is 31.9 Å². The molecule has 2 aromatic rings. The molecule has 0 saturated carbocycles. The number of nitrogens with one attached hydrogen (secondary N) is 2. The van der Waals surface area contributed by atoms with E-state index in [2.05, 4.69) is 47.7 Å². The van der Waals surface area contributed by atoms with Crippen molar-refractivity contribution in [2.24, 2.45) is 5.10 Å². The number of amides is 2. The van der Waals surface area contributed by atoms with Crippen molar-refractivity contribution in [1.82, 2.24) is 5.43 Å². The van der Waals surface area contributed by atoms with E-state index in [1.165, 1.54) is 12.3 Å². The third-order valence-corrected chi connectivity index (χ3v) is 4.47. The molecular formula is C18H17Br2N3O3. The summed E-state index contributed by atoms with van der Waals surface area (Å²) >= 11 is 6.53. The molecule has 0 aromatic heterocycles. The normalized spacial score (nSPS) is 10.7. The summed E-state index contributed by atoms with van der Waals surface area (Å²) < 4.78 is 1.48. The molecule has 3 N–H and O–H groups in total. The first kappa shape index (κ1) is 20.1. The first-order valence-electron chi connectivity index (χ1n) is 7.80. The number of anilines is 1. The van der Waals surface area contributed by atoms with Crippen LogP contribution in [0.25, 0.3) is 0 Å². The lowest BCUT2D eigenvalue weighted by molar-refractivity contribution is -0.121. The van der Waals surface area contributed by atoms with Gasteiger partial charge in [0, 0.05) is 23.0 Å². The number of phenols is 1. The molecule has 26 heavy (non-hydrogen) atoms. The number of hydrazone groups is 1. The van der Waals surface area contributed by atoms with Crippen LogP contribution in [-0.4, -0.2) is 23.1 Å². The quantitative estimate of drug-likeness (QED) is 0.408. The minimum Gasteiger partial charge on any atom is -0.507 e. The summed E-state index contributed by atoms with van der Waals surface area (Å²) in [5, 5.41) is 16.0. The van der Waals surface area contributed by atoms with Gasteiger partial charge >= 0.3 is 0 Å². The minimum absolute atomic E-state index is 0.132. The highest BCUT2D eigenvalue weighted by molar-refractivity contribution is 9.10. The molecule has 0 heterocycles. The molecular weight excluding hydrogens is 466 g/mol. The Balaban J connectivity index is 1.68.